The predicted molar refractivity (Wildman–Crippen MR) is 50.3 cm³/mol. The van der Waals surface area contributed by atoms with Crippen molar-refractivity contribution in [1.82, 2.24) is 4.98 Å². The smallest absolute Gasteiger partial charge is 0.254 e. The Kier molecular flexibility index (Phi) is 2.21. The number of ether oxygens (including phenoxy) is 1. The van der Waals surface area contributed by atoms with Crippen molar-refractivity contribution in [1.29, 1.82) is 0 Å². The Morgan fingerprint density at radius 1 is 1.64 bits per heavy atom. The van der Waals surface area contributed by atoms with Gasteiger partial charge in [0, 0.05) is 24.6 Å². The highest BCUT2D eigenvalue weighted by Crippen LogP contribution is 2.35. The second-order valence-electron chi connectivity index (χ2n) is 3.38. The van der Waals surface area contributed by atoms with Crippen LogP contribution >= 0.6 is 0 Å². The van der Waals surface area contributed by atoms with Crippen molar-refractivity contribution in [2.24, 2.45) is 5.73 Å². The maximum absolute atomic E-state index is 11.4. The summed E-state index contributed by atoms with van der Waals surface area (Å²) in [4.78, 5) is 15.4. The number of hydrogen-bond acceptors (Lipinski definition) is 3. The summed E-state index contributed by atoms with van der Waals surface area (Å²) in [5.74, 6) is -0.428. The van der Waals surface area contributed by atoms with E-state index in [9.17, 15) is 4.79 Å². The van der Waals surface area contributed by atoms with E-state index in [1.165, 1.54) is 0 Å². The molecule has 0 radical (unpaired) electrons. The first-order chi connectivity index (χ1) is 6.76. The maximum Gasteiger partial charge on any atom is 0.254 e. The van der Waals surface area contributed by atoms with E-state index in [0.717, 1.165) is 12.0 Å². The van der Waals surface area contributed by atoms with Crippen LogP contribution in [0.4, 0.5) is 0 Å². The number of carbonyl (C=O) groups excluding carboxylic acids is 1. The molecule has 14 heavy (non-hydrogen) atoms. The lowest BCUT2D eigenvalue weighted by molar-refractivity contribution is -0.139. The Bertz CT molecular complexity index is 331. The lowest BCUT2D eigenvalue weighted by atomic mass is 9.91. The summed E-state index contributed by atoms with van der Waals surface area (Å²) in [6.45, 7) is 0.581. The Labute approximate surface area is 82.1 Å². The summed E-state index contributed by atoms with van der Waals surface area (Å²) in [6.07, 6.45) is 4.80. The zero-order valence-corrected chi connectivity index (χ0v) is 7.77. The highest BCUT2D eigenvalue weighted by Gasteiger charge is 2.42. The van der Waals surface area contributed by atoms with Gasteiger partial charge in [0.25, 0.3) is 5.91 Å². The van der Waals surface area contributed by atoms with E-state index in [4.69, 9.17) is 10.5 Å². The minimum atomic E-state index is -0.936. The fraction of sp³-hybridized carbons (Fsp3) is 0.400. The molecule has 1 aromatic rings. The molecule has 2 rings (SSSR count). The Balaban J connectivity index is 2.42. The number of amides is 1. The second kappa shape index (κ2) is 3.38. The third-order valence-electron chi connectivity index (χ3n) is 2.55. The highest BCUT2D eigenvalue weighted by atomic mass is 16.5. The SMILES string of the molecule is NC(=O)C1(c2cccnc2)CCCO1. The van der Waals surface area contributed by atoms with Gasteiger partial charge in [-0.15, -0.1) is 0 Å². The van der Waals surface area contributed by atoms with E-state index in [-0.39, 0.29) is 0 Å². The van der Waals surface area contributed by atoms with Crippen molar-refractivity contribution in [2.75, 3.05) is 6.61 Å². The van der Waals surface area contributed by atoms with Gasteiger partial charge in [0.15, 0.2) is 5.60 Å². The van der Waals surface area contributed by atoms with Crippen molar-refractivity contribution in [2.45, 2.75) is 18.4 Å². The number of primary amides is 1. The zero-order chi connectivity index (χ0) is 10.0. The van der Waals surface area contributed by atoms with E-state index in [0.29, 0.717) is 13.0 Å². The van der Waals surface area contributed by atoms with E-state index in [1.807, 2.05) is 6.07 Å². The third kappa shape index (κ3) is 1.28. The van der Waals surface area contributed by atoms with Crippen molar-refractivity contribution in [3.05, 3.63) is 30.1 Å². The molecule has 4 nitrogen and oxygen atoms in total. The van der Waals surface area contributed by atoms with Gasteiger partial charge in [-0.25, -0.2) is 0 Å². The van der Waals surface area contributed by atoms with Crippen molar-refractivity contribution in [3.63, 3.8) is 0 Å². The topological polar surface area (TPSA) is 65.2 Å². The van der Waals surface area contributed by atoms with Crippen molar-refractivity contribution >= 4 is 5.91 Å². The number of nitrogens with zero attached hydrogens (tertiary/aromatic N) is 1. The molecule has 1 fully saturated rings. The van der Waals surface area contributed by atoms with Crippen LogP contribution in [-0.2, 0) is 15.1 Å². The Morgan fingerprint density at radius 3 is 3.00 bits per heavy atom. The largest absolute Gasteiger partial charge is 0.367 e. The van der Waals surface area contributed by atoms with E-state index >= 15 is 0 Å². The van der Waals surface area contributed by atoms with Crippen LogP contribution < -0.4 is 5.73 Å². The van der Waals surface area contributed by atoms with Gasteiger partial charge < -0.3 is 10.5 Å². The lowest BCUT2D eigenvalue weighted by Crippen LogP contribution is -2.40. The molecule has 2 N–H and O–H groups in total. The number of nitrogens with two attached hydrogens (primary N) is 1. The molecule has 0 aliphatic carbocycles. The molecule has 1 aliphatic heterocycles. The van der Waals surface area contributed by atoms with E-state index in [2.05, 4.69) is 4.98 Å². The summed E-state index contributed by atoms with van der Waals surface area (Å²) in [5.41, 5.74) is 5.19. The third-order valence-corrected chi connectivity index (χ3v) is 2.55. The molecule has 2 heterocycles. The van der Waals surface area contributed by atoms with Crippen LogP contribution in [0.3, 0.4) is 0 Å². The first kappa shape index (κ1) is 9.15. The number of hydrogen-bond donors (Lipinski definition) is 1. The minimum absolute atomic E-state index is 0.428. The number of pyridine rings is 1. The summed E-state index contributed by atoms with van der Waals surface area (Å²) in [5, 5.41) is 0. The molecule has 1 saturated heterocycles. The fourth-order valence-electron chi connectivity index (χ4n) is 1.81. The molecular weight excluding hydrogens is 180 g/mol. The zero-order valence-electron chi connectivity index (χ0n) is 7.77. The molecule has 0 saturated carbocycles. The van der Waals surface area contributed by atoms with Crippen LogP contribution in [0.5, 0.6) is 0 Å². The lowest BCUT2D eigenvalue weighted by Gasteiger charge is -2.24. The molecule has 0 spiro atoms. The summed E-state index contributed by atoms with van der Waals surface area (Å²) in [7, 11) is 0. The Hall–Kier alpha value is -1.42. The molecule has 0 bridgehead atoms. The van der Waals surface area contributed by atoms with Crippen LogP contribution in [0.2, 0.25) is 0 Å². The average molecular weight is 192 g/mol. The number of aromatic nitrogens is 1. The second-order valence-corrected chi connectivity index (χ2v) is 3.38. The summed E-state index contributed by atoms with van der Waals surface area (Å²) >= 11 is 0. The number of rotatable bonds is 2. The molecule has 1 amide bonds. The van der Waals surface area contributed by atoms with Crippen molar-refractivity contribution in [3.8, 4) is 0 Å². The van der Waals surface area contributed by atoms with Gasteiger partial charge in [0.2, 0.25) is 0 Å². The summed E-state index contributed by atoms with van der Waals surface area (Å²) < 4.78 is 5.47. The maximum atomic E-state index is 11.4. The number of carbonyl (C=O) groups is 1. The molecule has 1 aliphatic rings. The highest BCUT2D eigenvalue weighted by molar-refractivity contribution is 5.85. The van der Waals surface area contributed by atoms with E-state index in [1.54, 1.807) is 18.5 Å². The molecule has 1 aromatic heterocycles. The van der Waals surface area contributed by atoms with Gasteiger partial charge in [-0.2, -0.15) is 0 Å². The molecular formula is C10H12N2O2. The van der Waals surface area contributed by atoms with Gasteiger partial charge in [0.05, 0.1) is 0 Å². The quantitative estimate of drug-likeness (QED) is 0.745. The van der Waals surface area contributed by atoms with E-state index < -0.39 is 11.5 Å². The first-order valence-electron chi connectivity index (χ1n) is 4.60. The predicted octanol–water partition coefficient (Wildman–Crippen LogP) is 0.573. The van der Waals surface area contributed by atoms with Gasteiger partial charge in [-0.3, -0.25) is 9.78 Å². The first-order valence-corrected chi connectivity index (χ1v) is 4.60. The molecule has 1 unspecified atom stereocenters. The molecule has 74 valence electrons. The van der Waals surface area contributed by atoms with Crippen LogP contribution in [0.15, 0.2) is 24.5 Å². The van der Waals surface area contributed by atoms with Crippen molar-refractivity contribution < 1.29 is 9.53 Å². The molecule has 4 heteroatoms. The van der Waals surface area contributed by atoms with Gasteiger partial charge in [0.1, 0.15) is 0 Å². The summed E-state index contributed by atoms with van der Waals surface area (Å²) in [6, 6.07) is 3.60. The minimum Gasteiger partial charge on any atom is -0.367 e. The average Bonchev–Trinajstić information content (AvgIpc) is 2.69. The van der Waals surface area contributed by atoms with Gasteiger partial charge in [-0.1, -0.05) is 6.07 Å². The van der Waals surface area contributed by atoms with Crippen LogP contribution in [0.25, 0.3) is 0 Å². The van der Waals surface area contributed by atoms with Gasteiger partial charge in [-0.05, 0) is 18.9 Å². The molecule has 0 aromatic carbocycles. The monoisotopic (exact) mass is 192 g/mol. The van der Waals surface area contributed by atoms with Gasteiger partial charge >= 0.3 is 0 Å². The fourth-order valence-corrected chi connectivity index (χ4v) is 1.81. The van der Waals surface area contributed by atoms with Crippen LogP contribution in [0.1, 0.15) is 18.4 Å². The van der Waals surface area contributed by atoms with Crippen LogP contribution in [-0.4, -0.2) is 17.5 Å². The van der Waals surface area contributed by atoms with Crippen LogP contribution in [0, 0.1) is 0 Å². The Morgan fingerprint density at radius 2 is 2.50 bits per heavy atom. The molecule has 1 atom stereocenters. The standard InChI is InChI=1S/C10H12N2O2/c11-9(13)10(4-2-6-14-10)8-3-1-5-12-7-8/h1,3,5,7H,2,4,6H2,(H2,11,13). The normalized spacial score (nSPS) is 26.3.